The second-order valence-corrected chi connectivity index (χ2v) is 3.42. The Labute approximate surface area is 78.2 Å². The van der Waals surface area contributed by atoms with Crippen molar-refractivity contribution in [3.63, 3.8) is 0 Å². The summed E-state index contributed by atoms with van der Waals surface area (Å²) in [6, 6.07) is 5.14. The summed E-state index contributed by atoms with van der Waals surface area (Å²) in [6.07, 6.45) is 0. The average molecular weight is 182 g/mol. The zero-order valence-electron chi connectivity index (χ0n) is 8.21. The molecule has 0 spiro atoms. The van der Waals surface area contributed by atoms with Gasteiger partial charge in [0.1, 0.15) is 5.82 Å². The number of hydrogen-bond donors (Lipinski definition) is 1. The molecule has 1 rings (SSSR count). The molecule has 1 atom stereocenters. The first-order valence-electron chi connectivity index (χ1n) is 4.23. The lowest BCUT2D eigenvalue weighted by Crippen LogP contribution is -2.16. The van der Waals surface area contributed by atoms with Gasteiger partial charge in [-0.1, -0.05) is 6.07 Å². The molecular formula is C10H15FN2. The van der Waals surface area contributed by atoms with Crippen molar-refractivity contribution in [1.29, 1.82) is 0 Å². The Morgan fingerprint density at radius 1 is 1.38 bits per heavy atom. The monoisotopic (exact) mass is 182 g/mol. The van der Waals surface area contributed by atoms with Gasteiger partial charge in [-0.15, -0.1) is 0 Å². The van der Waals surface area contributed by atoms with Crippen molar-refractivity contribution in [2.75, 3.05) is 19.8 Å². The summed E-state index contributed by atoms with van der Waals surface area (Å²) in [5, 5.41) is 0. The number of benzene rings is 1. The summed E-state index contributed by atoms with van der Waals surface area (Å²) >= 11 is 0. The third-order valence-electron chi connectivity index (χ3n) is 2.28. The summed E-state index contributed by atoms with van der Waals surface area (Å²) in [5.74, 6) is -0.341. The van der Waals surface area contributed by atoms with E-state index in [1.54, 1.807) is 6.07 Å². The lowest BCUT2D eigenvalue weighted by Gasteiger charge is -2.20. The van der Waals surface area contributed by atoms with Crippen molar-refractivity contribution < 1.29 is 4.39 Å². The van der Waals surface area contributed by atoms with Crippen molar-refractivity contribution in [2.24, 2.45) is 0 Å². The molecule has 2 nitrogen and oxygen atoms in total. The largest absolute Gasteiger partial charge is 0.396 e. The van der Waals surface area contributed by atoms with Gasteiger partial charge >= 0.3 is 0 Å². The van der Waals surface area contributed by atoms with Crippen molar-refractivity contribution in [1.82, 2.24) is 4.90 Å². The van der Waals surface area contributed by atoms with Crippen LogP contribution in [0.4, 0.5) is 10.1 Å². The third-order valence-corrected chi connectivity index (χ3v) is 2.28. The van der Waals surface area contributed by atoms with Crippen LogP contribution in [0.3, 0.4) is 0 Å². The third kappa shape index (κ3) is 2.18. The fourth-order valence-electron chi connectivity index (χ4n) is 1.10. The zero-order chi connectivity index (χ0) is 10.0. The van der Waals surface area contributed by atoms with E-state index in [-0.39, 0.29) is 17.5 Å². The minimum atomic E-state index is -0.341. The highest BCUT2D eigenvalue weighted by molar-refractivity contribution is 5.41. The first kappa shape index (κ1) is 9.99. The van der Waals surface area contributed by atoms with E-state index in [1.165, 1.54) is 6.07 Å². The summed E-state index contributed by atoms with van der Waals surface area (Å²) < 4.78 is 13.1. The molecule has 0 saturated heterocycles. The van der Waals surface area contributed by atoms with Gasteiger partial charge in [0.2, 0.25) is 0 Å². The molecule has 0 fully saturated rings. The van der Waals surface area contributed by atoms with Crippen molar-refractivity contribution >= 4 is 5.69 Å². The van der Waals surface area contributed by atoms with Gasteiger partial charge in [-0.25, -0.2) is 4.39 Å². The SMILES string of the molecule is C[C@@H](c1ccc(N)c(F)c1)N(C)C. The number of nitrogen functional groups attached to an aromatic ring is 1. The van der Waals surface area contributed by atoms with Crippen molar-refractivity contribution in [2.45, 2.75) is 13.0 Å². The molecule has 0 aliphatic carbocycles. The quantitative estimate of drug-likeness (QED) is 0.709. The molecule has 0 amide bonds. The van der Waals surface area contributed by atoms with Crippen LogP contribution in [0.2, 0.25) is 0 Å². The molecule has 3 heteroatoms. The molecule has 13 heavy (non-hydrogen) atoms. The summed E-state index contributed by atoms with van der Waals surface area (Å²) in [4.78, 5) is 2.02. The van der Waals surface area contributed by atoms with E-state index in [0.717, 1.165) is 5.56 Å². The van der Waals surface area contributed by atoms with Crippen LogP contribution in [-0.4, -0.2) is 19.0 Å². The Hall–Kier alpha value is -1.09. The number of hydrogen-bond acceptors (Lipinski definition) is 2. The maximum atomic E-state index is 13.1. The van der Waals surface area contributed by atoms with Crippen LogP contribution in [0, 0.1) is 5.82 Å². The topological polar surface area (TPSA) is 29.3 Å². The molecule has 1 aromatic rings. The number of rotatable bonds is 2. The highest BCUT2D eigenvalue weighted by atomic mass is 19.1. The summed E-state index contributed by atoms with van der Waals surface area (Å²) in [5.41, 5.74) is 6.52. The second-order valence-electron chi connectivity index (χ2n) is 3.42. The summed E-state index contributed by atoms with van der Waals surface area (Å²) in [7, 11) is 3.91. The second kappa shape index (κ2) is 3.75. The Morgan fingerprint density at radius 2 is 2.00 bits per heavy atom. The molecule has 0 aliphatic heterocycles. The summed E-state index contributed by atoms with van der Waals surface area (Å²) in [6.45, 7) is 2.02. The van der Waals surface area contributed by atoms with Gasteiger partial charge in [0.15, 0.2) is 0 Å². The van der Waals surface area contributed by atoms with E-state index in [0.29, 0.717) is 0 Å². The molecule has 0 radical (unpaired) electrons. The molecule has 0 bridgehead atoms. The van der Waals surface area contributed by atoms with Gasteiger partial charge < -0.3 is 10.6 Å². The van der Waals surface area contributed by atoms with Crippen LogP contribution < -0.4 is 5.73 Å². The maximum absolute atomic E-state index is 13.1. The van der Waals surface area contributed by atoms with Gasteiger partial charge in [-0.3, -0.25) is 0 Å². The van der Waals surface area contributed by atoms with Gasteiger partial charge in [0.05, 0.1) is 5.69 Å². The molecule has 0 saturated carbocycles. The standard InChI is InChI=1S/C10H15FN2/c1-7(13(2)3)8-4-5-10(12)9(11)6-8/h4-7H,12H2,1-3H3/t7-/m0/s1. The minimum absolute atomic E-state index is 0.203. The van der Waals surface area contributed by atoms with Crippen LogP contribution >= 0.6 is 0 Å². The lowest BCUT2D eigenvalue weighted by atomic mass is 10.1. The van der Waals surface area contributed by atoms with Crippen LogP contribution in [0.25, 0.3) is 0 Å². The first-order chi connectivity index (χ1) is 6.02. The van der Waals surface area contributed by atoms with Gasteiger partial charge in [-0.2, -0.15) is 0 Å². The molecule has 2 N–H and O–H groups in total. The fraction of sp³-hybridized carbons (Fsp3) is 0.400. The number of anilines is 1. The van der Waals surface area contributed by atoms with Crippen LogP contribution in [0.5, 0.6) is 0 Å². The number of halogens is 1. The molecular weight excluding hydrogens is 167 g/mol. The van der Waals surface area contributed by atoms with E-state index in [2.05, 4.69) is 0 Å². The van der Waals surface area contributed by atoms with Crippen molar-refractivity contribution in [3.05, 3.63) is 29.6 Å². The van der Waals surface area contributed by atoms with E-state index in [1.807, 2.05) is 32.0 Å². The Kier molecular flexibility index (Phi) is 2.88. The normalized spacial score (nSPS) is 13.3. The zero-order valence-corrected chi connectivity index (χ0v) is 8.21. The van der Waals surface area contributed by atoms with E-state index < -0.39 is 0 Å². The average Bonchev–Trinajstić information content (AvgIpc) is 2.08. The van der Waals surface area contributed by atoms with E-state index in [4.69, 9.17) is 5.73 Å². The fourth-order valence-corrected chi connectivity index (χ4v) is 1.10. The number of nitrogens with zero attached hydrogens (tertiary/aromatic N) is 1. The Bertz CT molecular complexity index is 297. The predicted molar refractivity (Wildman–Crippen MR) is 52.9 cm³/mol. The minimum Gasteiger partial charge on any atom is -0.396 e. The molecule has 0 aliphatic rings. The van der Waals surface area contributed by atoms with E-state index >= 15 is 0 Å². The highest BCUT2D eigenvalue weighted by Gasteiger charge is 2.09. The Morgan fingerprint density at radius 3 is 2.46 bits per heavy atom. The van der Waals surface area contributed by atoms with Crippen LogP contribution in [0.1, 0.15) is 18.5 Å². The number of nitrogens with two attached hydrogens (primary N) is 1. The van der Waals surface area contributed by atoms with Crippen molar-refractivity contribution in [3.8, 4) is 0 Å². The maximum Gasteiger partial charge on any atom is 0.146 e. The smallest absolute Gasteiger partial charge is 0.146 e. The van der Waals surface area contributed by atoms with Gasteiger partial charge in [-0.05, 0) is 38.7 Å². The molecule has 1 aromatic carbocycles. The van der Waals surface area contributed by atoms with Crippen LogP contribution in [-0.2, 0) is 0 Å². The molecule has 0 heterocycles. The predicted octanol–water partition coefficient (Wildman–Crippen LogP) is 2.03. The molecule has 72 valence electrons. The van der Waals surface area contributed by atoms with Gasteiger partial charge in [0, 0.05) is 6.04 Å². The first-order valence-corrected chi connectivity index (χ1v) is 4.23. The highest BCUT2D eigenvalue weighted by Crippen LogP contribution is 2.20. The van der Waals surface area contributed by atoms with Gasteiger partial charge in [0.25, 0.3) is 0 Å². The van der Waals surface area contributed by atoms with E-state index in [9.17, 15) is 4.39 Å². The Balaban J connectivity index is 2.97. The lowest BCUT2D eigenvalue weighted by molar-refractivity contribution is 0.320. The molecule has 0 aromatic heterocycles. The molecule has 0 unspecified atom stereocenters. The van der Waals surface area contributed by atoms with Crippen LogP contribution in [0.15, 0.2) is 18.2 Å².